The molecule has 1 aromatic carbocycles. The Bertz CT molecular complexity index is 1320. The predicted octanol–water partition coefficient (Wildman–Crippen LogP) is 3.26. The third-order valence-electron chi connectivity index (χ3n) is 6.92. The molecule has 3 heterocycles. The van der Waals surface area contributed by atoms with E-state index < -0.39 is 23.2 Å². The maximum atomic E-state index is 14.6. The number of carbonyl (C=O) groups is 2. The Morgan fingerprint density at radius 1 is 1.08 bits per heavy atom. The Morgan fingerprint density at radius 3 is 2.46 bits per heavy atom. The van der Waals surface area contributed by atoms with E-state index in [0.29, 0.717) is 18.7 Å². The molecule has 2 aliphatic rings. The Hall–Kier alpha value is -4.02. The zero-order chi connectivity index (χ0) is 26.2. The second kappa shape index (κ2) is 9.79. The first-order valence-electron chi connectivity index (χ1n) is 11.9. The molecule has 192 valence electrons. The van der Waals surface area contributed by atoms with Gasteiger partial charge in [-0.25, -0.2) is 23.1 Å². The smallest absolute Gasteiger partial charge is 0.251 e. The minimum atomic E-state index is -1.03. The van der Waals surface area contributed by atoms with Crippen LogP contribution in [0.4, 0.5) is 19.1 Å². The monoisotopic (exact) mass is 510 g/mol. The number of anilines is 1. The molecule has 2 aromatic heterocycles. The van der Waals surface area contributed by atoms with Crippen molar-refractivity contribution < 1.29 is 22.8 Å². The second-order valence-corrected chi connectivity index (χ2v) is 9.56. The van der Waals surface area contributed by atoms with Gasteiger partial charge in [0.05, 0.1) is 11.7 Å². The van der Waals surface area contributed by atoms with Gasteiger partial charge in [-0.1, -0.05) is 0 Å². The number of likely N-dealkylation sites (tertiary alicyclic amines) is 1. The molecule has 2 fully saturated rings. The minimum absolute atomic E-state index is 0.0501. The van der Waals surface area contributed by atoms with E-state index >= 15 is 0 Å². The van der Waals surface area contributed by atoms with Crippen molar-refractivity contribution in [3.63, 3.8) is 0 Å². The summed E-state index contributed by atoms with van der Waals surface area (Å²) in [5.41, 5.74) is 0.195. The lowest BCUT2D eigenvalue weighted by Gasteiger charge is -2.43. The van der Waals surface area contributed by atoms with Crippen LogP contribution >= 0.6 is 0 Å². The summed E-state index contributed by atoms with van der Waals surface area (Å²) in [7, 11) is 0. The first kappa shape index (κ1) is 24.7. The quantitative estimate of drug-likeness (QED) is 0.506. The van der Waals surface area contributed by atoms with E-state index in [9.17, 15) is 22.8 Å². The summed E-state index contributed by atoms with van der Waals surface area (Å²) < 4.78 is 42.7. The molecular weight excluding hydrogens is 485 g/mol. The van der Waals surface area contributed by atoms with E-state index in [-0.39, 0.29) is 60.0 Å². The molecule has 1 aliphatic carbocycles. The summed E-state index contributed by atoms with van der Waals surface area (Å²) in [4.78, 5) is 38.1. The van der Waals surface area contributed by atoms with E-state index in [0.717, 1.165) is 0 Å². The fraction of sp³-hybridized carbons (Fsp3) is 0.346. The molecule has 1 saturated carbocycles. The SMILES string of the molecule is CC(=O)N1CC(NC(=O)c2ccc(F)c(-c3cnc(NC[C@]4(c5ncccc5F)C[C@H](F)C4)nc3)c2)C1. The van der Waals surface area contributed by atoms with Crippen molar-refractivity contribution in [3.05, 3.63) is 71.8 Å². The first-order valence-corrected chi connectivity index (χ1v) is 11.9. The molecule has 37 heavy (non-hydrogen) atoms. The molecule has 0 radical (unpaired) electrons. The van der Waals surface area contributed by atoms with Crippen LogP contribution in [-0.4, -0.2) is 63.5 Å². The minimum Gasteiger partial charge on any atom is -0.353 e. The highest BCUT2D eigenvalue weighted by molar-refractivity contribution is 5.96. The Balaban J connectivity index is 1.26. The van der Waals surface area contributed by atoms with Crippen molar-refractivity contribution in [1.82, 2.24) is 25.2 Å². The van der Waals surface area contributed by atoms with E-state index in [1.54, 1.807) is 4.90 Å². The largest absolute Gasteiger partial charge is 0.353 e. The number of hydrogen-bond acceptors (Lipinski definition) is 6. The van der Waals surface area contributed by atoms with Gasteiger partial charge in [-0.15, -0.1) is 0 Å². The number of pyridine rings is 1. The average Bonchev–Trinajstić information content (AvgIpc) is 2.84. The Labute approximate surface area is 211 Å². The van der Waals surface area contributed by atoms with Crippen molar-refractivity contribution in [2.24, 2.45) is 0 Å². The lowest BCUT2D eigenvalue weighted by Crippen LogP contribution is -2.60. The molecule has 1 saturated heterocycles. The molecule has 0 spiro atoms. The van der Waals surface area contributed by atoms with Crippen LogP contribution in [0.15, 0.2) is 48.9 Å². The molecule has 0 atom stereocenters. The van der Waals surface area contributed by atoms with Crippen molar-refractivity contribution in [2.75, 3.05) is 25.0 Å². The topological polar surface area (TPSA) is 100 Å². The molecule has 0 bridgehead atoms. The van der Waals surface area contributed by atoms with Crippen molar-refractivity contribution in [1.29, 1.82) is 0 Å². The summed E-state index contributed by atoms with van der Waals surface area (Å²) in [6, 6.07) is 6.65. The number of nitrogens with one attached hydrogen (secondary N) is 2. The molecule has 5 rings (SSSR count). The fourth-order valence-corrected chi connectivity index (χ4v) is 4.78. The van der Waals surface area contributed by atoms with Gasteiger partial charge in [0.25, 0.3) is 5.91 Å². The summed E-state index contributed by atoms with van der Waals surface area (Å²) in [5.74, 6) is -1.23. The first-order chi connectivity index (χ1) is 17.7. The highest BCUT2D eigenvalue weighted by atomic mass is 19.1. The van der Waals surface area contributed by atoms with Gasteiger partial charge in [0.2, 0.25) is 11.9 Å². The summed E-state index contributed by atoms with van der Waals surface area (Å²) in [6.07, 6.45) is 3.56. The maximum Gasteiger partial charge on any atom is 0.251 e. The molecule has 2 amide bonds. The van der Waals surface area contributed by atoms with Gasteiger partial charge in [-0.3, -0.25) is 14.6 Å². The highest BCUT2D eigenvalue weighted by Crippen LogP contribution is 2.45. The maximum absolute atomic E-state index is 14.6. The lowest BCUT2D eigenvalue weighted by molar-refractivity contribution is -0.133. The number of nitrogens with zero attached hydrogens (tertiary/aromatic N) is 4. The third-order valence-corrected chi connectivity index (χ3v) is 6.92. The van der Waals surface area contributed by atoms with Crippen molar-refractivity contribution in [2.45, 2.75) is 37.4 Å². The third kappa shape index (κ3) is 4.98. The van der Waals surface area contributed by atoms with Crippen molar-refractivity contribution >= 4 is 17.8 Å². The number of amides is 2. The van der Waals surface area contributed by atoms with Crippen LogP contribution in [0, 0.1) is 11.6 Å². The van der Waals surface area contributed by atoms with E-state index in [1.807, 2.05) is 0 Å². The molecule has 3 aromatic rings. The molecule has 11 heteroatoms. The van der Waals surface area contributed by atoms with Crippen molar-refractivity contribution in [3.8, 4) is 11.1 Å². The summed E-state index contributed by atoms with van der Waals surface area (Å²) in [6.45, 7) is 2.54. The number of alkyl halides is 1. The Kier molecular flexibility index (Phi) is 6.53. The zero-order valence-corrected chi connectivity index (χ0v) is 20.0. The molecule has 2 N–H and O–H groups in total. The Morgan fingerprint density at radius 2 is 1.81 bits per heavy atom. The molecule has 1 aliphatic heterocycles. The van der Waals surface area contributed by atoms with E-state index in [4.69, 9.17) is 0 Å². The van der Waals surface area contributed by atoms with Gasteiger partial charge in [0.15, 0.2) is 0 Å². The number of carbonyl (C=O) groups excluding carboxylic acids is 2. The normalized spacial score (nSPS) is 21.1. The van der Waals surface area contributed by atoms with Gasteiger partial charge in [0, 0.05) is 67.3 Å². The lowest BCUT2D eigenvalue weighted by atomic mass is 9.65. The molecular formula is C26H25F3N6O2. The number of benzene rings is 1. The van der Waals surface area contributed by atoms with Gasteiger partial charge >= 0.3 is 0 Å². The molecule has 8 nitrogen and oxygen atoms in total. The van der Waals surface area contributed by atoms with Gasteiger partial charge < -0.3 is 15.5 Å². The van der Waals surface area contributed by atoms with Crippen LogP contribution in [0.3, 0.4) is 0 Å². The number of halogens is 3. The van der Waals surface area contributed by atoms with Crippen LogP contribution in [0.2, 0.25) is 0 Å². The number of rotatable bonds is 7. The van der Waals surface area contributed by atoms with Crippen LogP contribution in [-0.2, 0) is 10.2 Å². The highest BCUT2D eigenvalue weighted by Gasteiger charge is 2.48. The fourth-order valence-electron chi connectivity index (χ4n) is 4.78. The van der Waals surface area contributed by atoms with Gasteiger partial charge in [-0.2, -0.15) is 0 Å². The number of aromatic nitrogens is 3. The van der Waals surface area contributed by atoms with Crippen LogP contribution in [0.1, 0.15) is 35.8 Å². The second-order valence-electron chi connectivity index (χ2n) is 9.56. The molecule has 0 unspecified atom stereocenters. The number of hydrogen-bond donors (Lipinski definition) is 2. The standard InChI is InChI=1S/C26H25F3N6O2/c1-15(36)35-12-19(13-35)34-24(37)16-4-5-21(28)20(7-16)17-10-31-25(32-11-17)33-14-26(8-18(27)9-26)23-22(29)3-2-6-30-23/h2-7,10-11,18-19H,8-9,12-14H2,1H3,(H,34,37)(H,31,32,33)/t18-,26-. The summed E-state index contributed by atoms with van der Waals surface area (Å²) >= 11 is 0. The van der Waals surface area contributed by atoms with Crippen LogP contribution in [0.25, 0.3) is 11.1 Å². The van der Waals surface area contributed by atoms with E-state index in [2.05, 4.69) is 25.6 Å². The predicted molar refractivity (Wildman–Crippen MR) is 129 cm³/mol. The zero-order valence-electron chi connectivity index (χ0n) is 20.0. The van der Waals surface area contributed by atoms with Gasteiger partial charge in [0.1, 0.15) is 17.8 Å². The van der Waals surface area contributed by atoms with Crippen LogP contribution in [0.5, 0.6) is 0 Å². The average molecular weight is 511 g/mol. The van der Waals surface area contributed by atoms with Crippen LogP contribution < -0.4 is 10.6 Å². The van der Waals surface area contributed by atoms with E-state index in [1.165, 1.54) is 55.8 Å². The van der Waals surface area contributed by atoms with Gasteiger partial charge in [-0.05, 0) is 43.2 Å². The summed E-state index contributed by atoms with van der Waals surface area (Å²) in [5, 5.41) is 5.85.